The van der Waals surface area contributed by atoms with Crippen LogP contribution in [0.15, 0.2) is 18.2 Å². The van der Waals surface area contributed by atoms with Crippen molar-refractivity contribution in [2.45, 2.75) is 32.7 Å². The van der Waals surface area contributed by atoms with Crippen LogP contribution >= 0.6 is 23.2 Å². The molecule has 0 amide bonds. The summed E-state index contributed by atoms with van der Waals surface area (Å²) in [5, 5.41) is 4.97. The number of nitrogens with zero attached hydrogens (tertiary/aromatic N) is 1. The van der Waals surface area contributed by atoms with E-state index in [0.29, 0.717) is 5.92 Å². The topological polar surface area (TPSA) is 15.3 Å². The fourth-order valence-corrected chi connectivity index (χ4v) is 3.32. The van der Waals surface area contributed by atoms with Gasteiger partial charge in [0.15, 0.2) is 0 Å². The molecule has 0 aliphatic carbocycles. The Morgan fingerprint density at radius 2 is 1.80 bits per heavy atom. The van der Waals surface area contributed by atoms with Gasteiger partial charge in [-0.2, -0.15) is 0 Å². The molecule has 0 aromatic heterocycles. The van der Waals surface area contributed by atoms with Crippen molar-refractivity contribution in [1.82, 2.24) is 10.2 Å². The predicted molar refractivity (Wildman–Crippen MR) is 87.6 cm³/mol. The zero-order valence-electron chi connectivity index (χ0n) is 12.2. The minimum atomic E-state index is 0.648. The van der Waals surface area contributed by atoms with E-state index in [1.54, 1.807) is 0 Å². The molecule has 2 rings (SSSR count). The molecule has 0 saturated carbocycles. The van der Waals surface area contributed by atoms with E-state index in [1.165, 1.54) is 38.9 Å². The summed E-state index contributed by atoms with van der Waals surface area (Å²) < 4.78 is 0. The van der Waals surface area contributed by atoms with Crippen molar-refractivity contribution in [2.24, 2.45) is 5.92 Å². The summed E-state index contributed by atoms with van der Waals surface area (Å²) in [6.07, 6.45) is 4.11. The van der Waals surface area contributed by atoms with Crippen LogP contribution in [-0.4, -0.2) is 31.1 Å². The Morgan fingerprint density at radius 3 is 2.45 bits per heavy atom. The molecule has 1 aliphatic rings. The van der Waals surface area contributed by atoms with Crippen LogP contribution in [0.5, 0.6) is 0 Å². The summed E-state index contributed by atoms with van der Waals surface area (Å²) in [4.78, 5) is 2.58. The van der Waals surface area contributed by atoms with E-state index >= 15 is 0 Å². The normalized spacial score (nSPS) is 18.1. The third-order valence-corrected chi connectivity index (χ3v) is 4.58. The zero-order chi connectivity index (χ0) is 14.4. The minimum Gasteiger partial charge on any atom is -0.312 e. The summed E-state index contributed by atoms with van der Waals surface area (Å²) in [7, 11) is 0. The average molecular weight is 315 g/mol. The van der Waals surface area contributed by atoms with Gasteiger partial charge in [0.25, 0.3) is 0 Å². The van der Waals surface area contributed by atoms with E-state index in [-0.39, 0.29) is 0 Å². The summed E-state index contributed by atoms with van der Waals surface area (Å²) in [6.45, 7) is 7.75. The van der Waals surface area contributed by atoms with Crippen LogP contribution < -0.4 is 5.32 Å². The lowest BCUT2D eigenvalue weighted by atomic mass is 10.1. The lowest BCUT2D eigenvalue weighted by Crippen LogP contribution is -2.36. The van der Waals surface area contributed by atoms with Gasteiger partial charge in [-0.1, -0.05) is 42.6 Å². The van der Waals surface area contributed by atoms with Gasteiger partial charge in [0.1, 0.15) is 0 Å². The van der Waals surface area contributed by atoms with E-state index in [2.05, 4.69) is 17.1 Å². The molecule has 112 valence electrons. The molecule has 2 nitrogen and oxygen atoms in total. The van der Waals surface area contributed by atoms with E-state index < -0.39 is 0 Å². The van der Waals surface area contributed by atoms with Gasteiger partial charge in [0, 0.05) is 28.7 Å². The second-order valence-electron chi connectivity index (χ2n) is 5.80. The van der Waals surface area contributed by atoms with E-state index in [0.717, 1.165) is 28.7 Å². The number of rotatable bonds is 6. The highest BCUT2D eigenvalue weighted by Gasteiger charge is 2.13. The standard InChI is InChI=1S/C16H24Cl2N2/c1-13(12-20-8-3-2-4-9-20)10-19-11-14-15(17)6-5-7-16(14)18/h5-7,13,19H,2-4,8-12H2,1H3. The van der Waals surface area contributed by atoms with Gasteiger partial charge in [-0.15, -0.1) is 0 Å². The third-order valence-electron chi connectivity index (χ3n) is 3.87. The zero-order valence-corrected chi connectivity index (χ0v) is 13.7. The highest BCUT2D eigenvalue weighted by Crippen LogP contribution is 2.23. The lowest BCUT2D eigenvalue weighted by molar-refractivity contribution is 0.199. The first-order valence-corrected chi connectivity index (χ1v) is 8.28. The van der Waals surface area contributed by atoms with Crippen LogP contribution in [0, 0.1) is 5.92 Å². The second kappa shape index (κ2) is 8.23. The fraction of sp³-hybridized carbons (Fsp3) is 0.625. The Labute approximate surface area is 132 Å². The van der Waals surface area contributed by atoms with Crippen molar-refractivity contribution < 1.29 is 0 Å². The van der Waals surface area contributed by atoms with Crippen molar-refractivity contribution in [2.75, 3.05) is 26.2 Å². The minimum absolute atomic E-state index is 0.648. The van der Waals surface area contributed by atoms with Gasteiger partial charge in [-0.3, -0.25) is 0 Å². The molecule has 1 saturated heterocycles. The van der Waals surface area contributed by atoms with Gasteiger partial charge in [-0.25, -0.2) is 0 Å². The first kappa shape index (κ1) is 16.1. The maximum atomic E-state index is 6.17. The quantitative estimate of drug-likeness (QED) is 0.846. The van der Waals surface area contributed by atoms with Gasteiger partial charge in [0.05, 0.1) is 0 Å². The Morgan fingerprint density at radius 1 is 1.15 bits per heavy atom. The lowest BCUT2D eigenvalue weighted by Gasteiger charge is -2.29. The van der Waals surface area contributed by atoms with E-state index in [9.17, 15) is 0 Å². The van der Waals surface area contributed by atoms with E-state index in [4.69, 9.17) is 23.2 Å². The molecule has 1 aromatic rings. The monoisotopic (exact) mass is 314 g/mol. The largest absolute Gasteiger partial charge is 0.312 e. The van der Waals surface area contributed by atoms with Crippen LogP contribution in [0.3, 0.4) is 0 Å². The molecule has 1 heterocycles. The van der Waals surface area contributed by atoms with Crippen molar-refractivity contribution >= 4 is 23.2 Å². The van der Waals surface area contributed by atoms with Gasteiger partial charge < -0.3 is 10.2 Å². The first-order valence-electron chi connectivity index (χ1n) is 7.53. The molecule has 1 aliphatic heterocycles. The SMILES string of the molecule is CC(CNCc1c(Cl)cccc1Cl)CN1CCCCC1. The van der Waals surface area contributed by atoms with Crippen LogP contribution in [0.25, 0.3) is 0 Å². The number of likely N-dealkylation sites (tertiary alicyclic amines) is 1. The maximum absolute atomic E-state index is 6.17. The summed E-state index contributed by atoms with van der Waals surface area (Å²) in [5.41, 5.74) is 1.00. The molecule has 20 heavy (non-hydrogen) atoms. The van der Waals surface area contributed by atoms with Crippen molar-refractivity contribution in [3.8, 4) is 0 Å². The molecule has 0 spiro atoms. The highest BCUT2D eigenvalue weighted by molar-refractivity contribution is 6.35. The van der Waals surface area contributed by atoms with Gasteiger partial charge >= 0.3 is 0 Å². The van der Waals surface area contributed by atoms with Crippen molar-refractivity contribution in [3.63, 3.8) is 0 Å². The summed E-state index contributed by atoms with van der Waals surface area (Å²) in [5.74, 6) is 0.648. The molecule has 4 heteroatoms. The van der Waals surface area contributed by atoms with Crippen LogP contribution in [0.4, 0.5) is 0 Å². The predicted octanol–water partition coefficient (Wildman–Crippen LogP) is 4.21. The molecule has 1 N–H and O–H groups in total. The molecule has 1 aromatic carbocycles. The Hall–Kier alpha value is -0.280. The molecule has 1 unspecified atom stereocenters. The van der Waals surface area contributed by atoms with Gasteiger partial charge in [-0.05, 0) is 50.5 Å². The summed E-state index contributed by atoms with van der Waals surface area (Å²) in [6, 6.07) is 5.66. The second-order valence-corrected chi connectivity index (χ2v) is 6.61. The molecular formula is C16H24Cl2N2. The van der Waals surface area contributed by atoms with Crippen molar-refractivity contribution in [1.29, 1.82) is 0 Å². The van der Waals surface area contributed by atoms with Gasteiger partial charge in [0.2, 0.25) is 0 Å². The van der Waals surface area contributed by atoms with E-state index in [1.807, 2.05) is 18.2 Å². The first-order chi connectivity index (χ1) is 9.66. The number of piperidine rings is 1. The number of hydrogen-bond donors (Lipinski definition) is 1. The maximum Gasteiger partial charge on any atom is 0.0465 e. The number of benzene rings is 1. The smallest absolute Gasteiger partial charge is 0.0465 e. The Bertz CT molecular complexity index is 397. The molecule has 0 bridgehead atoms. The number of hydrogen-bond acceptors (Lipinski definition) is 2. The Kier molecular flexibility index (Phi) is 6.63. The molecular weight excluding hydrogens is 291 g/mol. The average Bonchev–Trinajstić information content (AvgIpc) is 2.43. The van der Waals surface area contributed by atoms with Crippen LogP contribution in [-0.2, 0) is 6.54 Å². The highest BCUT2D eigenvalue weighted by atomic mass is 35.5. The summed E-state index contributed by atoms with van der Waals surface area (Å²) >= 11 is 12.3. The number of halogens is 2. The van der Waals surface area contributed by atoms with Crippen molar-refractivity contribution in [3.05, 3.63) is 33.8 Å². The van der Waals surface area contributed by atoms with Crippen LogP contribution in [0.2, 0.25) is 10.0 Å². The molecule has 0 radical (unpaired) electrons. The molecule has 1 atom stereocenters. The van der Waals surface area contributed by atoms with Crippen LogP contribution in [0.1, 0.15) is 31.7 Å². The molecule has 1 fully saturated rings. The Balaban J connectivity index is 1.72. The fourth-order valence-electron chi connectivity index (χ4n) is 2.79. The third kappa shape index (κ3) is 4.92. The number of nitrogens with one attached hydrogen (secondary N) is 1.